The van der Waals surface area contributed by atoms with Crippen LogP contribution in [0.1, 0.15) is 15.9 Å². The summed E-state index contributed by atoms with van der Waals surface area (Å²) in [4.78, 5) is 23.6. The molecule has 0 heterocycles. The van der Waals surface area contributed by atoms with E-state index in [1.54, 1.807) is 31.2 Å². The van der Waals surface area contributed by atoms with Crippen LogP contribution >= 0.6 is 0 Å². The normalized spacial score (nSPS) is 10.9. The number of nitrogens with zero attached hydrogens (tertiary/aromatic N) is 1. The summed E-state index contributed by atoms with van der Waals surface area (Å²) in [6.07, 6.45) is 1.03. The van der Waals surface area contributed by atoms with Gasteiger partial charge in [0.2, 0.25) is 10.0 Å². The quantitative estimate of drug-likeness (QED) is 0.566. The van der Waals surface area contributed by atoms with Crippen LogP contribution in [0.2, 0.25) is 0 Å². The number of carbonyl (C=O) groups is 2. The van der Waals surface area contributed by atoms with Crippen molar-refractivity contribution in [3.05, 3.63) is 59.7 Å². The lowest BCUT2D eigenvalue weighted by molar-refractivity contribution is -0.132. The highest BCUT2D eigenvalue weighted by molar-refractivity contribution is 7.92. The van der Waals surface area contributed by atoms with Crippen molar-refractivity contribution in [3.63, 3.8) is 0 Å². The topological polar surface area (TPSA) is 90.0 Å². The van der Waals surface area contributed by atoms with E-state index in [0.29, 0.717) is 16.8 Å². The average Bonchev–Trinajstić information content (AvgIpc) is 2.59. The monoisotopic (exact) mass is 377 g/mol. The van der Waals surface area contributed by atoms with Gasteiger partial charge in [-0.3, -0.25) is 4.31 Å². The third-order valence-corrected chi connectivity index (χ3v) is 4.69. The Balaban J connectivity index is 2.16. The Morgan fingerprint density at radius 2 is 1.65 bits per heavy atom. The fraction of sp³-hybridized carbons (Fsp3) is 0.222. The second-order valence-electron chi connectivity index (χ2n) is 5.55. The predicted octanol–water partition coefficient (Wildman–Crippen LogP) is 2.15. The average molecular weight is 377 g/mol. The van der Waals surface area contributed by atoms with E-state index in [-0.39, 0.29) is 5.75 Å². The number of methoxy groups -OCH3 is 1. The van der Waals surface area contributed by atoms with E-state index in [1.165, 1.54) is 31.4 Å². The standard InChI is InChI=1S/C18H19NO6S/c1-13-6-4-5-7-16(13)19(26(3,22)23)12-17(20)25-15-10-8-14(9-11-15)18(21)24-2/h4-11H,12H2,1-3H3. The molecule has 0 bridgehead atoms. The van der Waals surface area contributed by atoms with Crippen molar-refractivity contribution in [2.75, 3.05) is 24.2 Å². The number of sulfonamides is 1. The third-order valence-electron chi connectivity index (χ3n) is 3.56. The van der Waals surface area contributed by atoms with Crippen LogP contribution in [0.25, 0.3) is 0 Å². The van der Waals surface area contributed by atoms with Crippen LogP contribution in [0.4, 0.5) is 5.69 Å². The zero-order valence-electron chi connectivity index (χ0n) is 14.6. The summed E-state index contributed by atoms with van der Waals surface area (Å²) in [6, 6.07) is 12.6. The largest absolute Gasteiger partial charge is 0.465 e. The van der Waals surface area contributed by atoms with Gasteiger partial charge in [-0.2, -0.15) is 0 Å². The van der Waals surface area contributed by atoms with Gasteiger partial charge in [-0.1, -0.05) is 18.2 Å². The number of anilines is 1. The minimum absolute atomic E-state index is 0.195. The molecule has 26 heavy (non-hydrogen) atoms. The van der Waals surface area contributed by atoms with E-state index in [0.717, 1.165) is 10.6 Å². The third kappa shape index (κ3) is 4.82. The van der Waals surface area contributed by atoms with Gasteiger partial charge >= 0.3 is 11.9 Å². The van der Waals surface area contributed by atoms with Crippen molar-refractivity contribution in [2.45, 2.75) is 6.92 Å². The summed E-state index contributed by atoms with van der Waals surface area (Å²) in [5, 5.41) is 0. The molecule has 138 valence electrons. The van der Waals surface area contributed by atoms with Gasteiger partial charge in [0.05, 0.1) is 24.6 Å². The van der Waals surface area contributed by atoms with Crippen LogP contribution in [0, 0.1) is 6.92 Å². The van der Waals surface area contributed by atoms with Gasteiger partial charge in [0.1, 0.15) is 12.3 Å². The molecule has 0 saturated heterocycles. The second kappa shape index (κ2) is 8.01. The summed E-state index contributed by atoms with van der Waals surface area (Å²) >= 11 is 0. The summed E-state index contributed by atoms with van der Waals surface area (Å²) < 4.78 is 34.9. The first-order valence-corrected chi connectivity index (χ1v) is 9.49. The Morgan fingerprint density at radius 3 is 2.19 bits per heavy atom. The number of esters is 2. The van der Waals surface area contributed by atoms with Crippen molar-refractivity contribution < 1.29 is 27.5 Å². The maximum absolute atomic E-state index is 12.2. The molecule has 2 aromatic carbocycles. The lowest BCUT2D eigenvalue weighted by Gasteiger charge is -2.23. The molecule has 0 aliphatic rings. The van der Waals surface area contributed by atoms with Crippen molar-refractivity contribution in [3.8, 4) is 5.75 Å². The van der Waals surface area contributed by atoms with Crippen LogP contribution in [0.15, 0.2) is 48.5 Å². The zero-order chi connectivity index (χ0) is 19.3. The van der Waals surface area contributed by atoms with Gasteiger partial charge in [0, 0.05) is 0 Å². The van der Waals surface area contributed by atoms with Crippen LogP contribution < -0.4 is 9.04 Å². The Labute approximate surface area is 152 Å². The van der Waals surface area contributed by atoms with E-state index < -0.39 is 28.5 Å². The highest BCUT2D eigenvalue weighted by atomic mass is 32.2. The summed E-state index contributed by atoms with van der Waals surface area (Å²) in [5.74, 6) is -1.06. The smallest absolute Gasteiger partial charge is 0.337 e. The van der Waals surface area contributed by atoms with E-state index >= 15 is 0 Å². The first-order valence-electron chi connectivity index (χ1n) is 7.65. The molecule has 0 atom stereocenters. The van der Waals surface area contributed by atoms with E-state index in [4.69, 9.17) is 4.74 Å². The van der Waals surface area contributed by atoms with E-state index in [2.05, 4.69) is 4.74 Å². The van der Waals surface area contributed by atoms with Gasteiger partial charge in [-0.15, -0.1) is 0 Å². The number of para-hydroxylation sites is 1. The van der Waals surface area contributed by atoms with Crippen LogP contribution in [-0.2, 0) is 19.6 Å². The van der Waals surface area contributed by atoms with Crippen molar-refractivity contribution in [1.82, 2.24) is 0 Å². The van der Waals surface area contributed by atoms with Gasteiger partial charge in [-0.05, 0) is 42.8 Å². The van der Waals surface area contributed by atoms with Gasteiger partial charge in [0.15, 0.2) is 0 Å². The molecule has 0 spiro atoms. The Hall–Kier alpha value is -2.87. The molecule has 0 radical (unpaired) electrons. The molecule has 2 rings (SSSR count). The first-order chi connectivity index (χ1) is 12.2. The SMILES string of the molecule is COC(=O)c1ccc(OC(=O)CN(c2ccccc2C)S(C)(=O)=O)cc1. The van der Waals surface area contributed by atoms with Gasteiger partial charge < -0.3 is 9.47 Å². The van der Waals surface area contributed by atoms with Crippen LogP contribution in [0.3, 0.4) is 0 Å². The lowest BCUT2D eigenvalue weighted by Crippen LogP contribution is -2.37. The zero-order valence-corrected chi connectivity index (χ0v) is 15.4. The van der Waals surface area contributed by atoms with Crippen LogP contribution in [-0.4, -0.2) is 40.3 Å². The summed E-state index contributed by atoms with van der Waals surface area (Å²) in [7, 11) is -2.41. The number of hydrogen-bond donors (Lipinski definition) is 0. The fourth-order valence-corrected chi connectivity index (χ4v) is 3.18. The number of ether oxygens (including phenoxy) is 2. The van der Waals surface area contributed by atoms with E-state index in [1.807, 2.05) is 0 Å². The van der Waals surface area contributed by atoms with Crippen molar-refractivity contribution in [2.24, 2.45) is 0 Å². The number of rotatable bonds is 6. The summed E-state index contributed by atoms with van der Waals surface area (Å²) in [5.41, 5.74) is 1.44. The van der Waals surface area contributed by atoms with Crippen LogP contribution in [0.5, 0.6) is 5.75 Å². The van der Waals surface area contributed by atoms with Gasteiger partial charge in [-0.25, -0.2) is 18.0 Å². The Morgan fingerprint density at radius 1 is 1.04 bits per heavy atom. The minimum Gasteiger partial charge on any atom is -0.465 e. The molecule has 0 saturated carbocycles. The molecular weight excluding hydrogens is 358 g/mol. The molecule has 7 nitrogen and oxygen atoms in total. The van der Waals surface area contributed by atoms with Crippen molar-refractivity contribution >= 4 is 27.6 Å². The lowest BCUT2D eigenvalue weighted by atomic mass is 10.2. The molecule has 8 heteroatoms. The minimum atomic E-state index is -3.68. The Kier molecular flexibility index (Phi) is 5.99. The van der Waals surface area contributed by atoms with E-state index in [9.17, 15) is 18.0 Å². The maximum atomic E-state index is 12.2. The van der Waals surface area contributed by atoms with Crippen molar-refractivity contribution in [1.29, 1.82) is 0 Å². The Bertz CT molecular complexity index is 906. The molecule has 0 aromatic heterocycles. The highest BCUT2D eigenvalue weighted by Gasteiger charge is 2.23. The maximum Gasteiger partial charge on any atom is 0.337 e. The highest BCUT2D eigenvalue weighted by Crippen LogP contribution is 2.22. The first kappa shape index (κ1) is 19.5. The molecule has 2 aromatic rings. The fourth-order valence-electron chi connectivity index (χ4n) is 2.28. The molecule has 0 aliphatic carbocycles. The molecule has 0 amide bonds. The number of hydrogen-bond acceptors (Lipinski definition) is 6. The second-order valence-corrected chi connectivity index (χ2v) is 7.45. The molecular formula is C18H19NO6S. The molecule has 0 unspecified atom stereocenters. The predicted molar refractivity (Wildman–Crippen MR) is 96.8 cm³/mol. The molecule has 0 N–H and O–H groups in total. The molecule has 0 fully saturated rings. The summed E-state index contributed by atoms with van der Waals surface area (Å²) in [6.45, 7) is 1.28. The number of benzene rings is 2. The molecule has 0 aliphatic heterocycles. The number of carbonyl (C=O) groups excluding carboxylic acids is 2. The van der Waals surface area contributed by atoms with Gasteiger partial charge in [0.25, 0.3) is 0 Å². The number of aryl methyl sites for hydroxylation is 1.